The quantitative estimate of drug-likeness (QED) is 0.158. The molecule has 17 nitrogen and oxygen atoms in total. The predicted octanol–water partition coefficient (Wildman–Crippen LogP) is 0.00100. The van der Waals surface area contributed by atoms with E-state index in [0.717, 1.165) is 48.5 Å². The molecule has 0 aliphatic carbocycles. The number of hydrogen-bond acceptors (Lipinski definition) is 17. The number of hydrogen-bond donors (Lipinski definition) is 0. The zero-order valence-electron chi connectivity index (χ0n) is 25.0. The molecule has 2 saturated heterocycles. The van der Waals surface area contributed by atoms with E-state index in [0.29, 0.717) is 0 Å². The van der Waals surface area contributed by atoms with Gasteiger partial charge >= 0.3 is 41.8 Å². The molecule has 248 valence electrons. The van der Waals surface area contributed by atoms with E-state index in [-0.39, 0.29) is 0 Å². The lowest BCUT2D eigenvalue weighted by Gasteiger charge is -2.45. The van der Waals surface area contributed by atoms with Gasteiger partial charge in [-0.05, 0) is 0 Å². The minimum Gasteiger partial charge on any atom is -0.463 e. The van der Waals surface area contributed by atoms with E-state index in [1.807, 2.05) is 0 Å². The predicted molar refractivity (Wildman–Crippen MR) is 142 cm³/mol. The van der Waals surface area contributed by atoms with Crippen molar-refractivity contribution in [2.24, 2.45) is 0 Å². The van der Waals surface area contributed by atoms with E-state index in [1.165, 1.54) is 0 Å². The zero-order chi connectivity index (χ0) is 33.3. The summed E-state index contributed by atoms with van der Waals surface area (Å²) in [5.41, 5.74) is 0. The van der Waals surface area contributed by atoms with Crippen LogP contribution in [0.1, 0.15) is 48.5 Å². The highest BCUT2D eigenvalue weighted by atomic mass is 79.9. The Morgan fingerprint density at radius 3 is 1.27 bits per heavy atom. The molecule has 2 rings (SSSR count). The number of rotatable bonds is 11. The Balaban J connectivity index is 2.48. The standard InChI is InChI=1S/C26H35BrO17/c1-10(28)35-8-18-20(38-12(3)30)22(40-14(5)32)24(42-16(7)34)26(44-18)36-9-17-19(37-11(2)29)21(39-13(4)31)23(25(27)43-17)41-15(6)33/h17-26H,8-9H2,1-7H3/t17-,18-,19-,20-,21+,22+,23+,24+,25+,26+/m1/s1. The van der Waals surface area contributed by atoms with Gasteiger partial charge in [-0.25, -0.2) is 0 Å². The summed E-state index contributed by atoms with van der Waals surface area (Å²) >= 11 is 3.23. The molecule has 18 heteroatoms. The van der Waals surface area contributed by atoms with Crippen molar-refractivity contribution < 1.29 is 80.9 Å². The second kappa shape index (κ2) is 16.6. The fourth-order valence-electron chi connectivity index (χ4n) is 4.49. The third kappa shape index (κ3) is 11.0. The lowest BCUT2D eigenvalue weighted by Crippen LogP contribution is -2.64. The maximum atomic E-state index is 12.1. The minimum absolute atomic E-state index is 0.490. The van der Waals surface area contributed by atoms with Gasteiger partial charge in [-0.15, -0.1) is 0 Å². The van der Waals surface area contributed by atoms with Crippen LogP contribution in [0.15, 0.2) is 0 Å². The number of alkyl halides is 1. The average Bonchev–Trinajstić information content (AvgIpc) is 2.87. The van der Waals surface area contributed by atoms with Crippen molar-refractivity contribution in [2.45, 2.75) is 109 Å². The van der Waals surface area contributed by atoms with Crippen LogP contribution in [0, 0.1) is 0 Å². The van der Waals surface area contributed by atoms with E-state index in [2.05, 4.69) is 15.9 Å². The maximum absolute atomic E-state index is 12.1. The van der Waals surface area contributed by atoms with Crippen LogP contribution in [0.25, 0.3) is 0 Å². The topological polar surface area (TPSA) is 212 Å². The molecule has 2 fully saturated rings. The van der Waals surface area contributed by atoms with Crippen molar-refractivity contribution in [1.82, 2.24) is 0 Å². The summed E-state index contributed by atoms with van der Waals surface area (Å²) < 4.78 is 54.8. The molecule has 0 aromatic rings. The number of halogens is 1. The largest absolute Gasteiger partial charge is 0.463 e. The molecule has 44 heavy (non-hydrogen) atoms. The van der Waals surface area contributed by atoms with Crippen molar-refractivity contribution in [1.29, 1.82) is 0 Å². The summed E-state index contributed by atoms with van der Waals surface area (Å²) in [7, 11) is 0. The molecule has 0 bridgehead atoms. The molecule has 0 spiro atoms. The Morgan fingerprint density at radius 2 is 0.841 bits per heavy atom. The van der Waals surface area contributed by atoms with E-state index in [1.54, 1.807) is 0 Å². The molecule has 0 saturated carbocycles. The van der Waals surface area contributed by atoms with Gasteiger partial charge in [0, 0.05) is 48.5 Å². The lowest BCUT2D eigenvalue weighted by atomic mass is 9.97. The normalized spacial score (nSPS) is 31.5. The third-order valence-corrected chi connectivity index (χ3v) is 6.59. The van der Waals surface area contributed by atoms with Crippen LogP contribution in [0.5, 0.6) is 0 Å². The monoisotopic (exact) mass is 698 g/mol. The minimum atomic E-state index is -1.58. The fraction of sp³-hybridized carbons (Fsp3) is 0.731. The summed E-state index contributed by atoms with van der Waals surface area (Å²) in [6, 6.07) is 0. The van der Waals surface area contributed by atoms with Crippen molar-refractivity contribution in [2.75, 3.05) is 13.2 Å². The van der Waals surface area contributed by atoms with Gasteiger partial charge in [-0.1, -0.05) is 15.9 Å². The highest BCUT2D eigenvalue weighted by molar-refractivity contribution is 9.09. The van der Waals surface area contributed by atoms with E-state index >= 15 is 0 Å². The highest BCUT2D eigenvalue weighted by Gasteiger charge is 2.55. The van der Waals surface area contributed by atoms with Gasteiger partial charge in [0.25, 0.3) is 0 Å². The van der Waals surface area contributed by atoms with Crippen LogP contribution in [-0.4, -0.2) is 115 Å². The molecule has 0 aromatic heterocycles. The number of carbonyl (C=O) groups is 7. The molecule has 2 heterocycles. The van der Waals surface area contributed by atoms with Crippen molar-refractivity contribution >= 4 is 57.7 Å². The van der Waals surface area contributed by atoms with Gasteiger partial charge < -0.3 is 47.4 Å². The number of ether oxygens (including phenoxy) is 10. The molecular weight excluding hydrogens is 664 g/mol. The smallest absolute Gasteiger partial charge is 0.303 e. The lowest BCUT2D eigenvalue weighted by molar-refractivity contribution is -0.317. The molecule has 0 radical (unpaired) electrons. The second-order valence-electron chi connectivity index (χ2n) is 9.65. The number of esters is 7. The molecule has 2 aliphatic heterocycles. The Morgan fingerprint density at radius 1 is 0.477 bits per heavy atom. The SMILES string of the molecule is CC(=O)OC[C@H]1O[C@H](OC[C@H]2O[C@H](Br)[C@@H](OC(C)=O)[C@@H](OC(C)=O)[C@@H]2OC(C)=O)[C@@H](OC(C)=O)[C@@H](OC(C)=O)[C@@H]1OC(C)=O. The summed E-state index contributed by atoms with van der Waals surface area (Å²) in [4.78, 5) is 83.3. The van der Waals surface area contributed by atoms with Crippen LogP contribution in [0.4, 0.5) is 0 Å². The molecular formula is C26H35BrO17. The molecule has 10 atom stereocenters. The van der Waals surface area contributed by atoms with Crippen LogP contribution in [-0.2, 0) is 80.9 Å². The summed E-state index contributed by atoms with van der Waals surface area (Å²) in [5.74, 6) is -5.55. The van der Waals surface area contributed by atoms with Crippen molar-refractivity contribution in [3.05, 3.63) is 0 Å². The van der Waals surface area contributed by atoms with Crippen LogP contribution >= 0.6 is 15.9 Å². The van der Waals surface area contributed by atoms with Gasteiger partial charge in [0.15, 0.2) is 47.9 Å². The van der Waals surface area contributed by atoms with E-state index in [4.69, 9.17) is 47.4 Å². The summed E-state index contributed by atoms with van der Waals surface area (Å²) in [6.07, 6.45) is -12.5. The molecule has 0 amide bonds. The second-order valence-corrected chi connectivity index (χ2v) is 10.6. The first-order valence-electron chi connectivity index (χ1n) is 13.2. The molecule has 2 aliphatic rings. The highest BCUT2D eigenvalue weighted by Crippen LogP contribution is 2.34. The van der Waals surface area contributed by atoms with Gasteiger partial charge in [-0.2, -0.15) is 0 Å². The van der Waals surface area contributed by atoms with Crippen molar-refractivity contribution in [3.8, 4) is 0 Å². The Kier molecular flexibility index (Phi) is 13.9. The Bertz CT molecular complexity index is 1090. The van der Waals surface area contributed by atoms with Crippen LogP contribution in [0.2, 0.25) is 0 Å². The van der Waals surface area contributed by atoms with E-state index < -0.39 is 115 Å². The summed E-state index contributed by atoms with van der Waals surface area (Å²) in [6.45, 7) is 6.61. The van der Waals surface area contributed by atoms with Crippen LogP contribution in [0.3, 0.4) is 0 Å². The fourth-order valence-corrected chi connectivity index (χ4v) is 5.17. The molecule has 0 aromatic carbocycles. The van der Waals surface area contributed by atoms with Gasteiger partial charge in [0.1, 0.15) is 18.8 Å². The molecule has 0 unspecified atom stereocenters. The number of carbonyl (C=O) groups excluding carboxylic acids is 7. The van der Waals surface area contributed by atoms with Gasteiger partial charge in [0.2, 0.25) is 0 Å². The maximum Gasteiger partial charge on any atom is 0.303 e. The van der Waals surface area contributed by atoms with Gasteiger partial charge in [-0.3, -0.25) is 33.6 Å². The first-order valence-corrected chi connectivity index (χ1v) is 14.1. The van der Waals surface area contributed by atoms with Gasteiger partial charge in [0.05, 0.1) is 6.61 Å². The Labute approximate surface area is 260 Å². The average molecular weight is 699 g/mol. The zero-order valence-corrected chi connectivity index (χ0v) is 26.6. The van der Waals surface area contributed by atoms with E-state index in [9.17, 15) is 33.6 Å². The first kappa shape index (κ1) is 36.8. The molecule has 0 N–H and O–H groups in total. The Hall–Kier alpha value is -3.35. The van der Waals surface area contributed by atoms with Crippen LogP contribution < -0.4 is 0 Å². The third-order valence-electron chi connectivity index (χ3n) is 5.86. The first-order chi connectivity index (χ1) is 20.5. The van der Waals surface area contributed by atoms with Crippen molar-refractivity contribution in [3.63, 3.8) is 0 Å². The summed E-state index contributed by atoms with van der Waals surface area (Å²) in [5, 5.41) is -1.09.